The van der Waals surface area contributed by atoms with Crippen LogP contribution in [0.2, 0.25) is 0 Å². The third-order valence-electron chi connectivity index (χ3n) is 4.94. The first kappa shape index (κ1) is 13.0. The molecular formula is C13H29N2+. The Balaban J connectivity index is 2.88. The van der Waals surface area contributed by atoms with Gasteiger partial charge in [0.1, 0.15) is 12.2 Å². The summed E-state index contributed by atoms with van der Waals surface area (Å²) < 4.78 is 1.18. The summed E-state index contributed by atoms with van der Waals surface area (Å²) in [4.78, 5) is 2.66. The SMILES string of the molecule is CCC(C)(C)N1CC(C)(C)[N@@+](C)(CC)C1. The molecular weight excluding hydrogens is 184 g/mol. The van der Waals surface area contributed by atoms with Crippen LogP contribution in [-0.2, 0) is 0 Å². The highest BCUT2D eigenvalue weighted by molar-refractivity contribution is 4.89. The molecule has 1 heterocycles. The first-order chi connectivity index (χ1) is 6.68. The van der Waals surface area contributed by atoms with Gasteiger partial charge in [-0.3, -0.25) is 0 Å². The van der Waals surface area contributed by atoms with E-state index in [0.29, 0.717) is 11.1 Å². The Hall–Kier alpha value is -0.0800. The van der Waals surface area contributed by atoms with E-state index in [4.69, 9.17) is 0 Å². The lowest BCUT2D eigenvalue weighted by atomic mass is 9.97. The van der Waals surface area contributed by atoms with Gasteiger partial charge < -0.3 is 4.48 Å². The molecule has 15 heavy (non-hydrogen) atoms. The number of hydrogen-bond donors (Lipinski definition) is 0. The summed E-state index contributed by atoms with van der Waals surface area (Å²) in [5.41, 5.74) is 0.740. The molecule has 0 amide bonds. The van der Waals surface area contributed by atoms with Gasteiger partial charge in [0.15, 0.2) is 0 Å². The first-order valence-corrected chi connectivity index (χ1v) is 6.28. The maximum Gasteiger partial charge on any atom is 0.135 e. The van der Waals surface area contributed by atoms with E-state index < -0.39 is 0 Å². The molecule has 1 saturated heterocycles. The average Bonchev–Trinajstić information content (AvgIpc) is 2.39. The molecule has 0 radical (unpaired) electrons. The van der Waals surface area contributed by atoms with Crippen molar-refractivity contribution in [2.24, 2.45) is 0 Å². The zero-order valence-corrected chi connectivity index (χ0v) is 11.7. The van der Waals surface area contributed by atoms with E-state index in [1.807, 2.05) is 0 Å². The minimum absolute atomic E-state index is 0.350. The van der Waals surface area contributed by atoms with Gasteiger partial charge in [0.25, 0.3) is 0 Å². The van der Waals surface area contributed by atoms with Crippen molar-refractivity contribution >= 4 is 0 Å². The van der Waals surface area contributed by atoms with Gasteiger partial charge in [0, 0.05) is 5.54 Å². The summed E-state index contributed by atoms with van der Waals surface area (Å²) in [6.07, 6.45) is 1.23. The van der Waals surface area contributed by atoms with Gasteiger partial charge in [-0.2, -0.15) is 0 Å². The highest BCUT2D eigenvalue weighted by Crippen LogP contribution is 2.35. The Kier molecular flexibility index (Phi) is 3.24. The molecule has 1 fully saturated rings. The van der Waals surface area contributed by atoms with Gasteiger partial charge in [0.05, 0.1) is 20.1 Å². The van der Waals surface area contributed by atoms with Crippen molar-refractivity contribution in [3.8, 4) is 0 Å². The largest absolute Gasteiger partial charge is 0.308 e. The standard InChI is InChI=1S/C13H29N2/c1-8-12(3,4)14-10-13(5,6)15(7,9-2)11-14/h8-11H2,1-7H3/q+1/t15-/m0/s1. The maximum absolute atomic E-state index is 2.66. The van der Waals surface area contributed by atoms with Crippen LogP contribution in [0.4, 0.5) is 0 Å². The van der Waals surface area contributed by atoms with Crippen molar-refractivity contribution in [3.05, 3.63) is 0 Å². The molecule has 0 aromatic carbocycles. The molecule has 1 aliphatic heterocycles. The molecule has 0 aliphatic carbocycles. The van der Waals surface area contributed by atoms with Crippen LogP contribution in [-0.4, -0.2) is 47.3 Å². The highest BCUT2D eigenvalue weighted by Gasteiger charge is 2.50. The van der Waals surface area contributed by atoms with Crippen molar-refractivity contribution < 1.29 is 4.48 Å². The Bertz CT molecular complexity index is 233. The molecule has 1 rings (SSSR count). The van der Waals surface area contributed by atoms with Gasteiger partial charge in [0.2, 0.25) is 0 Å². The molecule has 1 atom stereocenters. The van der Waals surface area contributed by atoms with Crippen molar-refractivity contribution in [1.82, 2.24) is 4.90 Å². The van der Waals surface area contributed by atoms with Crippen LogP contribution >= 0.6 is 0 Å². The number of quaternary nitrogens is 1. The van der Waals surface area contributed by atoms with E-state index in [0.717, 1.165) is 0 Å². The zero-order valence-electron chi connectivity index (χ0n) is 11.7. The summed E-state index contributed by atoms with van der Waals surface area (Å²) in [5, 5.41) is 0. The molecule has 0 saturated carbocycles. The van der Waals surface area contributed by atoms with E-state index in [9.17, 15) is 0 Å². The summed E-state index contributed by atoms with van der Waals surface area (Å²) in [6, 6.07) is 0. The van der Waals surface area contributed by atoms with E-state index in [1.165, 1.54) is 30.7 Å². The zero-order chi connectivity index (χ0) is 11.9. The van der Waals surface area contributed by atoms with E-state index >= 15 is 0 Å². The Morgan fingerprint density at radius 2 is 1.80 bits per heavy atom. The van der Waals surface area contributed by atoms with E-state index in [2.05, 4.69) is 53.5 Å². The number of nitrogens with zero attached hydrogens (tertiary/aromatic N) is 2. The lowest BCUT2D eigenvalue weighted by molar-refractivity contribution is -0.943. The second kappa shape index (κ2) is 3.74. The summed E-state index contributed by atoms with van der Waals surface area (Å²) >= 11 is 0. The molecule has 2 heteroatoms. The second-order valence-electron chi connectivity index (χ2n) is 6.53. The maximum atomic E-state index is 2.66. The minimum Gasteiger partial charge on any atom is -0.308 e. The monoisotopic (exact) mass is 213 g/mol. The summed E-state index contributed by atoms with van der Waals surface area (Å²) in [7, 11) is 2.39. The molecule has 0 aromatic heterocycles. The van der Waals surface area contributed by atoms with Crippen LogP contribution in [0, 0.1) is 0 Å². The van der Waals surface area contributed by atoms with Gasteiger partial charge in [-0.05, 0) is 41.0 Å². The highest BCUT2D eigenvalue weighted by atomic mass is 15.5. The molecule has 0 N–H and O–H groups in total. The van der Waals surface area contributed by atoms with E-state index in [1.54, 1.807) is 0 Å². The minimum atomic E-state index is 0.350. The number of hydrogen-bond acceptors (Lipinski definition) is 1. The quantitative estimate of drug-likeness (QED) is 0.652. The summed E-state index contributed by atoms with van der Waals surface area (Å²) in [6.45, 7) is 17.8. The molecule has 0 unspecified atom stereocenters. The van der Waals surface area contributed by atoms with Crippen LogP contribution in [0.25, 0.3) is 0 Å². The fourth-order valence-corrected chi connectivity index (χ4v) is 2.41. The first-order valence-electron chi connectivity index (χ1n) is 6.28. The number of rotatable bonds is 3. The molecule has 0 spiro atoms. The van der Waals surface area contributed by atoms with Crippen molar-refractivity contribution in [2.45, 2.75) is 59.0 Å². The van der Waals surface area contributed by atoms with Gasteiger partial charge in [-0.1, -0.05) is 6.92 Å². The van der Waals surface area contributed by atoms with E-state index in [-0.39, 0.29) is 0 Å². The molecule has 1 aliphatic rings. The van der Waals surface area contributed by atoms with Gasteiger partial charge >= 0.3 is 0 Å². The van der Waals surface area contributed by atoms with Crippen LogP contribution < -0.4 is 0 Å². The van der Waals surface area contributed by atoms with Crippen molar-refractivity contribution in [1.29, 1.82) is 0 Å². The molecule has 0 aromatic rings. The summed E-state index contributed by atoms with van der Waals surface area (Å²) in [5.74, 6) is 0. The lowest BCUT2D eigenvalue weighted by Crippen LogP contribution is -2.55. The second-order valence-corrected chi connectivity index (χ2v) is 6.53. The van der Waals surface area contributed by atoms with Crippen LogP contribution in [0.1, 0.15) is 48.0 Å². The smallest absolute Gasteiger partial charge is 0.135 e. The topological polar surface area (TPSA) is 3.24 Å². The predicted molar refractivity (Wildman–Crippen MR) is 66.7 cm³/mol. The van der Waals surface area contributed by atoms with Crippen LogP contribution in [0.15, 0.2) is 0 Å². The Labute approximate surface area is 95.8 Å². The van der Waals surface area contributed by atoms with Gasteiger partial charge in [-0.15, -0.1) is 0 Å². The van der Waals surface area contributed by atoms with Crippen molar-refractivity contribution in [2.75, 3.05) is 26.8 Å². The van der Waals surface area contributed by atoms with Crippen LogP contribution in [0.3, 0.4) is 0 Å². The molecule has 0 bridgehead atoms. The Morgan fingerprint density at radius 3 is 2.13 bits per heavy atom. The average molecular weight is 213 g/mol. The predicted octanol–water partition coefficient (Wildman–Crippen LogP) is 2.69. The normalized spacial score (nSPS) is 32.2. The van der Waals surface area contributed by atoms with Crippen LogP contribution in [0.5, 0.6) is 0 Å². The molecule has 2 nitrogen and oxygen atoms in total. The third kappa shape index (κ3) is 2.07. The van der Waals surface area contributed by atoms with Crippen molar-refractivity contribution in [3.63, 3.8) is 0 Å². The Morgan fingerprint density at radius 1 is 1.27 bits per heavy atom. The third-order valence-corrected chi connectivity index (χ3v) is 4.94. The lowest BCUT2D eigenvalue weighted by Gasteiger charge is -2.40. The molecule has 90 valence electrons. The van der Waals surface area contributed by atoms with Gasteiger partial charge in [-0.25, -0.2) is 4.90 Å². The number of likely N-dealkylation sites (N-methyl/N-ethyl adjacent to an activating group) is 1. The fraction of sp³-hybridized carbons (Fsp3) is 1.00. The fourth-order valence-electron chi connectivity index (χ4n) is 2.41.